The van der Waals surface area contributed by atoms with Gasteiger partial charge in [-0.3, -0.25) is 4.57 Å². The lowest BCUT2D eigenvalue weighted by molar-refractivity contribution is 0.373. The standard InChI is InChI=1S/C13H19N3S/c1-5-9(3)10(4)16-12-11(15-13(16)17)6-8(2)7-14-12/h6-7,9-10H,5H2,1-4H3,(H,15,17). The van der Waals surface area contributed by atoms with Gasteiger partial charge in [-0.2, -0.15) is 0 Å². The number of hydrogen-bond donors (Lipinski definition) is 1. The van der Waals surface area contributed by atoms with Crippen molar-refractivity contribution in [2.45, 2.75) is 40.2 Å². The third-order valence-corrected chi connectivity index (χ3v) is 3.87. The third kappa shape index (κ3) is 2.14. The summed E-state index contributed by atoms with van der Waals surface area (Å²) < 4.78 is 2.91. The second kappa shape index (κ2) is 4.61. The SMILES string of the molecule is CCC(C)C(C)n1c(=S)[nH]c2cc(C)cnc21. The second-order valence-electron chi connectivity index (χ2n) is 4.81. The molecule has 2 heterocycles. The number of aryl methyl sites for hydroxylation is 1. The maximum Gasteiger partial charge on any atom is 0.179 e. The summed E-state index contributed by atoms with van der Waals surface area (Å²) >= 11 is 5.41. The Morgan fingerprint density at radius 1 is 1.47 bits per heavy atom. The highest BCUT2D eigenvalue weighted by molar-refractivity contribution is 7.71. The molecule has 0 aliphatic rings. The van der Waals surface area contributed by atoms with Crippen LogP contribution in [0.25, 0.3) is 11.2 Å². The molecule has 4 heteroatoms. The fourth-order valence-electron chi connectivity index (χ4n) is 2.09. The fraction of sp³-hybridized carbons (Fsp3) is 0.538. The number of pyridine rings is 1. The minimum Gasteiger partial charge on any atom is -0.329 e. The first-order chi connectivity index (χ1) is 8.04. The van der Waals surface area contributed by atoms with E-state index >= 15 is 0 Å². The van der Waals surface area contributed by atoms with Gasteiger partial charge in [-0.25, -0.2) is 4.98 Å². The van der Waals surface area contributed by atoms with Gasteiger partial charge >= 0.3 is 0 Å². The molecule has 3 nitrogen and oxygen atoms in total. The number of imidazole rings is 1. The number of rotatable bonds is 3. The Hall–Kier alpha value is -1.16. The van der Waals surface area contributed by atoms with Crippen LogP contribution in [0, 0.1) is 17.6 Å². The van der Waals surface area contributed by atoms with Crippen molar-refractivity contribution in [3.63, 3.8) is 0 Å². The van der Waals surface area contributed by atoms with E-state index in [0.717, 1.165) is 27.9 Å². The quantitative estimate of drug-likeness (QED) is 0.834. The van der Waals surface area contributed by atoms with Crippen LogP contribution in [-0.4, -0.2) is 14.5 Å². The first-order valence-corrected chi connectivity index (χ1v) is 6.52. The Kier molecular flexibility index (Phi) is 3.33. The van der Waals surface area contributed by atoms with Crippen molar-refractivity contribution in [3.8, 4) is 0 Å². The van der Waals surface area contributed by atoms with Crippen molar-refractivity contribution >= 4 is 23.4 Å². The van der Waals surface area contributed by atoms with Gasteiger partial charge in [0.25, 0.3) is 0 Å². The number of fused-ring (bicyclic) bond motifs is 1. The molecule has 0 aliphatic heterocycles. The summed E-state index contributed by atoms with van der Waals surface area (Å²) in [6, 6.07) is 2.47. The van der Waals surface area contributed by atoms with Gasteiger partial charge in [-0.1, -0.05) is 20.3 Å². The van der Waals surface area contributed by atoms with E-state index in [9.17, 15) is 0 Å². The average molecular weight is 249 g/mol. The van der Waals surface area contributed by atoms with Crippen molar-refractivity contribution in [3.05, 3.63) is 22.6 Å². The molecule has 2 aromatic heterocycles. The minimum absolute atomic E-state index is 0.372. The molecular weight excluding hydrogens is 230 g/mol. The predicted molar refractivity (Wildman–Crippen MR) is 73.8 cm³/mol. The first kappa shape index (κ1) is 12.3. The molecule has 0 saturated heterocycles. The van der Waals surface area contributed by atoms with E-state index in [2.05, 4.69) is 41.4 Å². The molecule has 2 rings (SSSR count). The summed E-state index contributed by atoms with van der Waals surface area (Å²) in [5.41, 5.74) is 3.15. The van der Waals surface area contributed by atoms with Crippen LogP contribution >= 0.6 is 12.2 Å². The highest BCUT2D eigenvalue weighted by atomic mass is 32.1. The van der Waals surface area contributed by atoms with E-state index < -0.39 is 0 Å². The van der Waals surface area contributed by atoms with Crippen LogP contribution < -0.4 is 0 Å². The molecule has 0 fully saturated rings. The normalized spacial score (nSPS) is 15.1. The molecule has 0 aromatic carbocycles. The van der Waals surface area contributed by atoms with Crippen molar-refractivity contribution in [1.82, 2.24) is 14.5 Å². The predicted octanol–water partition coefficient (Wildman–Crippen LogP) is 4.01. The zero-order valence-corrected chi connectivity index (χ0v) is 11.6. The summed E-state index contributed by atoms with van der Waals surface area (Å²) in [4.78, 5) is 7.75. The topological polar surface area (TPSA) is 33.6 Å². The number of nitrogens with one attached hydrogen (secondary N) is 1. The zero-order chi connectivity index (χ0) is 12.6. The molecule has 17 heavy (non-hydrogen) atoms. The monoisotopic (exact) mass is 249 g/mol. The van der Waals surface area contributed by atoms with Crippen LogP contribution in [0.2, 0.25) is 0 Å². The Balaban J connectivity index is 2.61. The zero-order valence-electron chi connectivity index (χ0n) is 10.8. The fourth-order valence-corrected chi connectivity index (χ4v) is 2.45. The van der Waals surface area contributed by atoms with E-state index in [1.165, 1.54) is 0 Å². The molecule has 0 aliphatic carbocycles. The summed E-state index contributed by atoms with van der Waals surface area (Å²) in [5, 5.41) is 0. The summed E-state index contributed by atoms with van der Waals surface area (Å²) in [6.07, 6.45) is 3.03. The van der Waals surface area contributed by atoms with Crippen LogP contribution in [0.4, 0.5) is 0 Å². The van der Waals surface area contributed by atoms with E-state index in [1.54, 1.807) is 0 Å². The lowest BCUT2D eigenvalue weighted by Gasteiger charge is -2.20. The van der Waals surface area contributed by atoms with Crippen LogP contribution in [0.1, 0.15) is 38.8 Å². The molecule has 0 spiro atoms. The van der Waals surface area contributed by atoms with Crippen molar-refractivity contribution < 1.29 is 0 Å². The average Bonchev–Trinajstić information content (AvgIpc) is 2.62. The van der Waals surface area contributed by atoms with Gasteiger partial charge in [0.2, 0.25) is 0 Å². The highest BCUT2D eigenvalue weighted by Gasteiger charge is 2.16. The maximum absolute atomic E-state index is 5.41. The van der Waals surface area contributed by atoms with Crippen molar-refractivity contribution in [2.75, 3.05) is 0 Å². The van der Waals surface area contributed by atoms with E-state index in [0.29, 0.717) is 12.0 Å². The van der Waals surface area contributed by atoms with E-state index in [4.69, 9.17) is 12.2 Å². The van der Waals surface area contributed by atoms with Gasteiger partial charge in [0.1, 0.15) is 0 Å². The Labute approximate surface area is 107 Å². The molecule has 0 radical (unpaired) electrons. The molecule has 2 unspecified atom stereocenters. The second-order valence-corrected chi connectivity index (χ2v) is 5.20. The first-order valence-electron chi connectivity index (χ1n) is 6.11. The van der Waals surface area contributed by atoms with Gasteiger partial charge in [0.05, 0.1) is 5.52 Å². The molecule has 0 saturated carbocycles. The van der Waals surface area contributed by atoms with Crippen molar-refractivity contribution in [2.24, 2.45) is 5.92 Å². The lowest BCUT2D eigenvalue weighted by atomic mass is 10.0. The van der Waals surface area contributed by atoms with E-state index in [-0.39, 0.29) is 0 Å². The maximum atomic E-state index is 5.41. The van der Waals surface area contributed by atoms with Gasteiger partial charge in [0.15, 0.2) is 10.4 Å². The van der Waals surface area contributed by atoms with Crippen LogP contribution in [0.15, 0.2) is 12.3 Å². The minimum atomic E-state index is 0.372. The van der Waals surface area contributed by atoms with Gasteiger partial charge in [-0.05, 0) is 43.6 Å². The molecule has 1 N–H and O–H groups in total. The summed E-state index contributed by atoms with van der Waals surface area (Å²) in [6.45, 7) is 8.70. The number of H-pyrrole nitrogens is 1. The Morgan fingerprint density at radius 3 is 2.82 bits per heavy atom. The third-order valence-electron chi connectivity index (χ3n) is 3.57. The molecule has 2 atom stereocenters. The molecule has 0 bridgehead atoms. The highest BCUT2D eigenvalue weighted by Crippen LogP contribution is 2.25. The van der Waals surface area contributed by atoms with Gasteiger partial charge in [-0.15, -0.1) is 0 Å². The number of aromatic nitrogens is 3. The molecule has 2 aromatic rings. The number of aromatic amines is 1. The Bertz CT molecular complexity index is 582. The summed E-state index contributed by atoms with van der Waals surface area (Å²) in [5.74, 6) is 0.587. The summed E-state index contributed by atoms with van der Waals surface area (Å²) in [7, 11) is 0. The van der Waals surface area contributed by atoms with Gasteiger partial charge in [0, 0.05) is 12.2 Å². The van der Waals surface area contributed by atoms with Crippen LogP contribution in [0.5, 0.6) is 0 Å². The number of hydrogen-bond acceptors (Lipinski definition) is 2. The smallest absolute Gasteiger partial charge is 0.179 e. The lowest BCUT2D eigenvalue weighted by Crippen LogP contribution is -2.14. The van der Waals surface area contributed by atoms with Crippen LogP contribution in [-0.2, 0) is 0 Å². The molecule has 92 valence electrons. The number of nitrogens with zero attached hydrogens (tertiary/aromatic N) is 2. The molecule has 0 amide bonds. The Morgan fingerprint density at radius 2 is 2.18 bits per heavy atom. The van der Waals surface area contributed by atoms with Gasteiger partial charge < -0.3 is 4.98 Å². The molecular formula is C13H19N3S. The largest absolute Gasteiger partial charge is 0.329 e. The van der Waals surface area contributed by atoms with Crippen LogP contribution in [0.3, 0.4) is 0 Å². The van der Waals surface area contributed by atoms with Crippen molar-refractivity contribution in [1.29, 1.82) is 0 Å². The van der Waals surface area contributed by atoms with E-state index in [1.807, 2.05) is 13.1 Å².